The molecule has 8 nitrogen and oxygen atoms in total. The van der Waals surface area contributed by atoms with Crippen LogP contribution in [0.25, 0.3) is 0 Å². The summed E-state index contributed by atoms with van der Waals surface area (Å²) in [6.45, 7) is 5.72. The first kappa shape index (κ1) is 63.5. The van der Waals surface area contributed by atoms with Crippen molar-refractivity contribution < 1.29 is 37.3 Å². The molecule has 0 radical (unpaired) electrons. The van der Waals surface area contributed by atoms with Crippen molar-refractivity contribution in [2.45, 2.75) is 296 Å². The van der Waals surface area contributed by atoms with Crippen molar-refractivity contribution in [2.75, 3.05) is 54.1 Å². The van der Waals surface area contributed by atoms with Crippen LogP contribution in [0, 0.1) is 0 Å². The zero-order valence-electron chi connectivity index (χ0n) is 43.8. The Morgan fingerprint density at radius 1 is 0.422 bits per heavy atom. The van der Waals surface area contributed by atoms with Gasteiger partial charge in [0.25, 0.3) is 0 Å². The summed E-state index contributed by atoms with van der Waals surface area (Å²) in [6.07, 6.45) is 55.9. The second kappa shape index (κ2) is 48.9. The van der Waals surface area contributed by atoms with Gasteiger partial charge in [0.15, 0.2) is 0 Å². The summed E-state index contributed by atoms with van der Waals surface area (Å²) in [6, 6.07) is 0. The Bertz CT molecular complexity index is 992. The Labute approximate surface area is 399 Å². The van der Waals surface area contributed by atoms with Gasteiger partial charge in [0, 0.05) is 13.0 Å². The van der Waals surface area contributed by atoms with E-state index in [0.717, 1.165) is 32.1 Å². The maximum Gasteiger partial charge on any atom is 0.472 e. The molecule has 0 amide bonds. The standard InChI is InChI=1S/C55H112NO7P/c1-6-8-10-12-14-16-18-20-22-24-26-27-28-29-30-31-32-34-36-38-40-42-44-46-48-55(57)63-54(53-62-64(58,59)61-51-49-56(3,4)5)52-60-50-47-45-43-41-39-37-35-33-25-23-21-19-17-15-13-11-9-7-2/h54H,6-53H2,1-5H3/p+1. The molecular weight excluding hydrogens is 818 g/mol. The lowest BCUT2D eigenvalue weighted by Gasteiger charge is -2.24. The van der Waals surface area contributed by atoms with Crippen LogP contribution in [0.2, 0.25) is 0 Å². The van der Waals surface area contributed by atoms with Crippen LogP contribution < -0.4 is 0 Å². The molecule has 0 spiro atoms. The highest BCUT2D eigenvalue weighted by Crippen LogP contribution is 2.43. The first-order chi connectivity index (χ1) is 31.1. The number of hydrogen-bond donors (Lipinski definition) is 1. The first-order valence-electron chi connectivity index (χ1n) is 28.3. The molecule has 0 aromatic rings. The van der Waals surface area contributed by atoms with Gasteiger partial charge in [-0.05, 0) is 12.8 Å². The summed E-state index contributed by atoms with van der Waals surface area (Å²) in [4.78, 5) is 23.1. The minimum Gasteiger partial charge on any atom is -0.457 e. The quantitative estimate of drug-likeness (QED) is 0.0281. The van der Waals surface area contributed by atoms with E-state index in [2.05, 4.69) is 13.8 Å². The molecule has 9 heteroatoms. The fraction of sp³-hybridized carbons (Fsp3) is 0.982. The van der Waals surface area contributed by atoms with Crippen LogP contribution in [0.1, 0.15) is 290 Å². The molecule has 0 bridgehead atoms. The van der Waals surface area contributed by atoms with Crippen LogP contribution in [-0.2, 0) is 27.9 Å². The summed E-state index contributed by atoms with van der Waals surface area (Å²) < 4.78 is 35.3. The number of esters is 1. The number of ether oxygens (including phenoxy) is 2. The molecule has 0 aliphatic carbocycles. The fourth-order valence-electron chi connectivity index (χ4n) is 8.56. The molecule has 0 aliphatic rings. The van der Waals surface area contributed by atoms with Crippen molar-refractivity contribution in [3.05, 3.63) is 0 Å². The van der Waals surface area contributed by atoms with E-state index >= 15 is 0 Å². The Morgan fingerprint density at radius 2 is 0.719 bits per heavy atom. The van der Waals surface area contributed by atoms with E-state index < -0.39 is 13.9 Å². The van der Waals surface area contributed by atoms with Crippen LogP contribution in [-0.4, -0.2) is 75.6 Å². The van der Waals surface area contributed by atoms with Crippen LogP contribution in [0.3, 0.4) is 0 Å². The van der Waals surface area contributed by atoms with Crippen LogP contribution in [0.5, 0.6) is 0 Å². The van der Waals surface area contributed by atoms with E-state index in [9.17, 15) is 14.3 Å². The Balaban J connectivity index is 4.01. The molecule has 384 valence electrons. The highest BCUT2D eigenvalue weighted by Gasteiger charge is 2.26. The lowest BCUT2D eigenvalue weighted by molar-refractivity contribution is -0.870. The van der Waals surface area contributed by atoms with Gasteiger partial charge >= 0.3 is 13.8 Å². The van der Waals surface area contributed by atoms with Crippen LogP contribution in [0.4, 0.5) is 0 Å². The van der Waals surface area contributed by atoms with Gasteiger partial charge in [-0.3, -0.25) is 13.8 Å². The molecule has 0 aromatic carbocycles. The van der Waals surface area contributed by atoms with E-state index in [1.54, 1.807) is 0 Å². The van der Waals surface area contributed by atoms with E-state index in [1.807, 2.05) is 21.1 Å². The van der Waals surface area contributed by atoms with E-state index in [1.165, 1.54) is 238 Å². The summed E-state index contributed by atoms with van der Waals surface area (Å²) in [7, 11) is 1.69. The van der Waals surface area contributed by atoms with Crippen LogP contribution >= 0.6 is 7.82 Å². The second-order valence-corrected chi connectivity index (χ2v) is 22.1. The van der Waals surface area contributed by atoms with Crippen molar-refractivity contribution in [3.8, 4) is 0 Å². The highest BCUT2D eigenvalue weighted by atomic mass is 31.2. The highest BCUT2D eigenvalue weighted by molar-refractivity contribution is 7.47. The van der Waals surface area contributed by atoms with Gasteiger partial charge in [-0.1, -0.05) is 271 Å². The maximum absolute atomic E-state index is 12.8. The number of nitrogens with zero attached hydrogens (tertiary/aromatic N) is 1. The SMILES string of the molecule is CCCCCCCCCCCCCCCCCCCCCCCCCCC(=O)OC(COCCCCCCCCCCCCCCCCCCCC)COP(=O)(O)OCC[N+](C)(C)C. The number of rotatable bonds is 54. The predicted octanol–water partition coefficient (Wildman–Crippen LogP) is 17.6. The van der Waals surface area contributed by atoms with Crippen LogP contribution in [0.15, 0.2) is 0 Å². The lowest BCUT2D eigenvalue weighted by Crippen LogP contribution is -2.37. The Hall–Kier alpha value is -0.500. The first-order valence-corrected chi connectivity index (χ1v) is 29.8. The largest absolute Gasteiger partial charge is 0.472 e. The monoisotopic (exact) mass is 931 g/mol. The molecule has 0 heterocycles. The molecule has 0 fully saturated rings. The van der Waals surface area contributed by atoms with Gasteiger partial charge in [-0.2, -0.15) is 0 Å². The normalized spacial score (nSPS) is 13.4. The summed E-state index contributed by atoms with van der Waals surface area (Å²) >= 11 is 0. The van der Waals surface area contributed by atoms with Crippen molar-refractivity contribution in [1.29, 1.82) is 0 Å². The summed E-state index contributed by atoms with van der Waals surface area (Å²) in [5.41, 5.74) is 0. The molecule has 0 aromatic heterocycles. The van der Waals surface area contributed by atoms with Crippen molar-refractivity contribution >= 4 is 13.8 Å². The average Bonchev–Trinajstić information content (AvgIpc) is 3.25. The maximum atomic E-state index is 12.8. The Kier molecular flexibility index (Phi) is 48.6. The van der Waals surface area contributed by atoms with Gasteiger partial charge in [-0.25, -0.2) is 4.57 Å². The third-order valence-corrected chi connectivity index (χ3v) is 13.9. The third-order valence-electron chi connectivity index (χ3n) is 12.9. The number of likely N-dealkylation sites (N-methyl/N-ethyl adjacent to an activating group) is 1. The third kappa shape index (κ3) is 52.5. The minimum absolute atomic E-state index is 0.0944. The Morgan fingerprint density at radius 3 is 1.03 bits per heavy atom. The van der Waals surface area contributed by atoms with E-state index in [4.69, 9.17) is 18.5 Å². The van der Waals surface area contributed by atoms with E-state index in [-0.39, 0.29) is 25.8 Å². The number of quaternary nitrogens is 1. The van der Waals surface area contributed by atoms with Gasteiger partial charge in [0.05, 0.1) is 34.4 Å². The second-order valence-electron chi connectivity index (χ2n) is 20.7. The zero-order chi connectivity index (χ0) is 46.9. The average molecular weight is 931 g/mol. The number of hydrogen-bond acceptors (Lipinski definition) is 6. The number of carbonyl (C=O) groups excluding carboxylic acids is 1. The number of phosphoric acid groups is 1. The zero-order valence-corrected chi connectivity index (χ0v) is 44.7. The lowest BCUT2D eigenvalue weighted by atomic mass is 10.0. The van der Waals surface area contributed by atoms with Crippen molar-refractivity contribution in [2.24, 2.45) is 0 Å². The van der Waals surface area contributed by atoms with Crippen molar-refractivity contribution in [3.63, 3.8) is 0 Å². The minimum atomic E-state index is -4.27. The number of unbranched alkanes of at least 4 members (excludes halogenated alkanes) is 40. The molecule has 2 atom stereocenters. The molecule has 2 unspecified atom stereocenters. The number of phosphoric ester groups is 1. The molecule has 0 rings (SSSR count). The molecular formula is C55H113NO7P+. The van der Waals surface area contributed by atoms with Crippen molar-refractivity contribution in [1.82, 2.24) is 0 Å². The molecule has 0 aliphatic heterocycles. The fourth-order valence-corrected chi connectivity index (χ4v) is 9.30. The van der Waals surface area contributed by atoms with Gasteiger partial charge in [-0.15, -0.1) is 0 Å². The number of carbonyl (C=O) groups is 1. The molecule has 1 N–H and O–H groups in total. The summed E-state index contributed by atoms with van der Waals surface area (Å²) in [5.74, 6) is -0.303. The van der Waals surface area contributed by atoms with Gasteiger partial charge in [0.1, 0.15) is 19.3 Å². The predicted molar refractivity (Wildman–Crippen MR) is 275 cm³/mol. The molecule has 64 heavy (non-hydrogen) atoms. The molecule has 0 saturated heterocycles. The smallest absolute Gasteiger partial charge is 0.457 e. The summed E-state index contributed by atoms with van der Waals surface area (Å²) in [5, 5.41) is 0. The van der Waals surface area contributed by atoms with E-state index in [0.29, 0.717) is 24.1 Å². The van der Waals surface area contributed by atoms with Gasteiger partial charge < -0.3 is 18.9 Å². The topological polar surface area (TPSA) is 91.3 Å². The molecule has 0 saturated carbocycles. The van der Waals surface area contributed by atoms with Gasteiger partial charge in [0.2, 0.25) is 0 Å².